The molecule has 12 heteroatoms. The number of carboxylic acids is 2. The average Bonchev–Trinajstić information content (AvgIpc) is 3.25. The molecular formula is C50H60O12. The van der Waals surface area contributed by atoms with Crippen LogP contribution in [0.4, 0.5) is 0 Å². The number of esters is 2. The molecule has 0 fully saturated rings. The normalized spacial score (nSPS) is 19.3. The fourth-order valence-corrected chi connectivity index (χ4v) is 9.38. The second kappa shape index (κ2) is 22.7. The quantitative estimate of drug-likeness (QED) is 0.0917. The molecule has 0 aromatic heterocycles. The summed E-state index contributed by atoms with van der Waals surface area (Å²) in [5.74, 6) is -0.360. The molecule has 0 saturated carbocycles. The van der Waals surface area contributed by atoms with E-state index in [1.807, 2.05) is 24.3 Å². The molecule has 4 aromatic carbocycles. The monoisotopic (exact) mass is 852 g/mol. The number of fused-ring (bicyclic) bond motifs is 4. The Morgan fingerprint density at radius 1 is 0.435 bits per heavy atom. The largest absolute Gasteiger partial charge is 0.508 e. The van der Waals surface area contributed by atoms with Crippen LogP contribution in [-0.4, -0.2) is 68.7 Å². The van der Waals surface area contributed by atoms with Gasteiger partial charge in [0.2, 0.25) is 0 Å². The molecule has 0 unspecified atom stereocenters. The van der Waals surface area contributed by atoms with Gasteiger partial charge in [-0.1, -0.05) is 24.3 Å². The number of benzene rings is 4. The van der Waals surface area contributed by atoms with Gasteiger partial charge in [-0.15, -0.1) is 0 Å². The highest BCUT2D eigenvalue weighted by molar-refractivity contribution is 5.71. The van der Waals surface area contributed by atoms with Crippen molar-refractivity contribution in [1.29, 1.82) is 0 Å². The van der Waals surface area contributed by atoms with Gasteiger partial charge in [-0.2, -0.15) is 0 Å². The van der Waals surface area contributed by atoms with E-state index in [0.29, 0.717) is 12.8 Å². The first-order valence-corrected chi connectivity index (χ1v) is 21.6. The first-order chi connectivity index (χ1) is 29.7. The number of methoxy groups -OCH3 is 2. The number of aryl methyl sites for hydroxylation is 4. The molecule has 12 nitrogen and oxygen atoms in total. The van der Waals surface area contributed by atoms with E-state index in [-0.39, 0.29) is 71.4 Å². The zero-order chi connectivity index (χ0) is 44.8. The molecule has 0 bridgehead atoms. The van der Waals surface area contributed by atoms with Crippen LogP contribution in [0.25, 0.3) is 0 Å². The Morgan fingerprint density at radius 3 is 0.903 bits per heavy atom. The lowest BCUT2D eigenvalue weighted by atomic mass is 9.81. The Labute approximate surface area is 363 Å². The Bertz CT molecular complexity index is 2020. The Kier molecular flexibility index (Phi) is 17.2. The molecule has 0 spiro atoms. The van der Waals surface area contributed by atoms with Gasteiger partial charge in [-0.25, -0.2) is 0 Å². The molecule has 4 atom stereocenters. The van der Waals surface area contributed by atoms with Gasteiger partial charge in [0.1, 0.15) is 23.0 Å². The summed E-state index contributed by atoms with van der Waals surface area (Å²) in [7, 11) is 2.82. The molecule has 0 aliphatic heterocycles. The van der Waals surface area contributed by atoms with Gasteiger partial charge in [-0.05, 0) is 194 Å². The van der Waals surface area contributed by atoms with Crippen molar-refractivity contribution in [2.45, 2.75) is 126 Å². The lowest BCUT2D eigenvalue weighted by Gasteiger charge is -2.24. The van der Waals surface area contributed by atoms with Gasteiger partial charge in [-0.3, -0.25) is 19.2 Å². The Morgan fingerprint density at radius 2 is 0.677 bits per heavy atom. The Balaban J connectivity index is 0.000000156. The van der Waals surface area contributed by atoms with E-state index in [4.69, 9.17) is 19.7 Å². The van der Waals surface area contributed by atoms with Crippen molar-refractivity contribution in [3.8, 4) is 23.0 Å². The number of hydrogen-bond donors (Lipinski definition) is 6. The van der Waals surface area contributed by atoms with E-state index in [0.717, 1.165) is 99.3 Å². The van der Waals surface area contributed by atoms with Gasteiger partial charge >= 0.3 is 23.9 Å². The summed E-state index contributed by atoms with van der Waals surface area (Å²) in [6.07, 6.45) is 13.3. The minimum atomic E-state index is -0.767. The van der Waals surface area contributed by atoms with E-state index < -0.39 is 11.9 Å². The third kappa shape index (κ3) is 13.5. The molecule has 0 saturated heterocycles. The molecule has 6 N–H and O–H groups in total. The van der Waals surface area contributed by atoms with Gasteiger partial charge in [0.05, 0.1) is 39.9 Å². The highest BCUT2D eigenvalue weighted by Crippen LogP contribution is 2.39. The molecule has 0 amide bonds. The number of carbonyl (C=O) groups excluding carboxylic acids is 2. The highest BCUT2D eigenvalue weighted by atomic mass is 16.5. The summed E-state index contributed by atoms with van der Waals surface area (Å²) in [6.45, 7) is 0. The van der Waals surface area contributed by atoms with Crippen LogP contribution in [0.3, 0.4) is 0 Å². The second-order valence-corrected chi connectivity index (χ2v) is 16.6. The van der Waals surface area contributed by atoms with Crippen LogP contribution >= 0.6 is 0 Å². The number of rotatable bonds is 8. The lowest BCUT2D eigenvalue weighted by molar-refractivity contribution is -0.142. The van der Waals surface area contributed by atoms with Gasteiger partial charge in [0.15, 0.2) is 0 Å². The summed E-state index contributed by atoms with van der Waals surface area (Å²) >= 11 is 0. The predicted octanol–water partition coefficient (Wildman–Crippen LogP) is 9.32. The second-order valence-electron chi connectivity index (χ2n) is 16.6. The maximum absolute atomic E-state index is 11.3. The number of aliphatic carboxylic acids is 2. The zero-order valence-electron chi connectivity index (χ0n) is 35.7. The third-order valence-electron chi connectivity index (χ3n) is 12.4. The van der Waals surface area contributed by atoms with Gasteiger partial charge in [0.25, 0.3) is 0 Å². The van der Waals surface area contributed by atoms with Crippen molar-refractivity contribution in [3.63, 3.8) is 0 Å². The van der Waals surface area contributed by atoms with Crippen LogP contribution in [0, 0.1) is 0 Å². The minimum absolute atomic E-state index is 0.0679. The van der Waals surface area contributed by atoms with Crippen LogP contribution in [0.1, 0.15) is 145 Å². The van der Waals surface area contributed by atoms with E-state index in [2.05, 4.69) is 0 Å². The van der Waals surface area contributed by atoms with E-state index in [9.17, 15) is 39.6 Å². The summed E-state index contributed by atoms with van der Waals surface area (Å²) in [5.41, 5.74) is 9.12. The van der Waals surface area contributed by atoms with E-state index in [1.165, 1.54) is 36.5 Å². The van der Waals surface area contributed by atoms with Crippen molar-refractivity contribution in [3.05, 3.63) is 117 Å². The number of carboxylic acid groups (broad SMARTS) is 2. The number of carbonyl (C=O) groups is 4. The summed E-state index contributed by atoms with van der Waals surface area (Å²) in [5, 5.41) is 55.3. The van der Waals surface area contributed by atoms with Crippen molar-refractivity contribution in [2.75, 3.05) is 14.2 Å². The van der Waals surface area contributed by atoms with Crippen LogP contribution in [-0.2, 0) is 54.3 Å². The van der Waals surface area contributed by atoms with Crippen molar-refractivity contribution in [1.82, 2.24) is 0 Å². The average molecular weight is 853 g/mol. The number of phenolic OH excluding ortho intramolecular Hbond substituents is 4. The molecule has 332 valence electrons. The number of phenols is 4. The summed E-state index contributed by atoms with van der Waals surface area (Å²) in [6, 6.07) is 21.4. The molecule has 62 heavy (non-hydrogen) atoms. The standard InChI is InChI=1S/2C13H16O3.2C12H14O3/c2*1-16-13(15)7-10-4-2-3-9-5-6-11(14)8-12(9)10;2*13-10-5-4-8-2-1-3-9(6-12(14)15)11(8)7-10/h2*5-6,8,10,14H,2-4,7H2,1H3;2*4-5,7,9,13H,1-3,6H2,(H,14,15)/t2*10-;2*9-/m1010/s1. The first-order valence-electron chi connectivity index (χ1n) is 21.6. The zero-order valence-corrected chi connectivity index (χ0v) is 35.7. The summed E-state index contributed by atoms with van der Waals surface area (Å²) < 4.78 is 9.39. The van der Waals surface area contributed by atoms with E-state index >= 15 is 0 Å². The first kappa shape index (κ1) is 47.0. The van der Waals surface area contributed by atoms with E-state index in [1.54, 1.807) is 48.5 Å². The SMILES string of the molecule is COC(=O)C[C@@H]1CCCc2ccc(O)cc21.COC(=O)C[C@H]1CCCc2ccc(O)cc21.O=C(O)C[C@@H]1CCCc2ccc(O)cc21.O=C(O)C[C@H]1CCCc2ccc(O)cc21. The fraction of sp³-hybridized carbons (Fsp3) is 0.440. The topological polar surface area (TPSA) is 208 Å². The predicted molar refractivity (Wildman–Crippen MR) is 233 cm³/mol. The highest BCUT2D eigenvalue weighted by Gasteiger charge is 2.26. The molecule has 4 aliphatic carbocycles. The Hall–Kier alpha value is -6.04. The molecule has 4 aliphatic rings. The summed E-state index contributed by atoms with van der Waals surface area (Å²) in [4.78, 5) is 44.0. The van der Waals surface area contributed by atoms with Crippen molar-refractivity contribution in [2.24, 2.45) is 0 Å². The van der Waals surface area contributed by atoms with Crippen molar-refractivity contribution < 1.29 is 59.3 Å². The van der Waals surface area contributed by atoms with Gasteiger partial charge < -0.3 is 40.1 Å². The van der Waals surface area contributed by atoms with Crippen molar-refractivity contribution >= 4 is 23.9 Å². The molecule has 0 heterocycles. The minimum Gasteiger partial charge on any atom is -0.508 e. The van der Waals surface area contributed by atoms with Gasteiger partial charge in [0, 0.05) is 0 Å². The maximum atomic E-state index is 11.3. The maximum Gasteiger partial charge on any atom is 0.306 e. The number of hydrogen-bond acceptors (Lipinski definition) is 10. The fourth-order valence-electron chi connectivity index (χ4n) is 9.38. The third-order valence-corrected chi connectivity index (χ3v) is 12.4. The molecule has 0 radical (unpaired) electrons. The van der Waals surface area contributed by atoms with Crippen LogP contribution in [0.5, 0.6) is 23.0 Å². The number of ether oxygens (including phenoxy) is 2. The molecular weight excluding hydrogens is 793 g/mol. The smallest absolute Gasteiger partial charge is 0.306 e. The van der Waals surface area contributed by atoms with Crippen LogP contribution in [0.2, 0.25) is 0 Å². The molecule has 4 aromatic rings. The van der Waals surface area contributed by atoms with Crippen LogP contribution in [0.15, 0.2) is 72.8 Å². The molecule has 8 rings (SSSR count). The lowest BCUT2D eigenvalue weighted by Crippen LogP contribution is -2.14. The van der Waals surface area contributed by atoms with Crippen LogP contribution < -0.4 is 0 Å². The number of aromatic hydroxyl groups is 4.